The van der Waals surface area contributed by atoms with Gasteiger partial charge in [0, 0.05) is 32.6 Å². The molecule has 0 bridgehead atoms. The van der Waals surface area contributed by atoms with Gasteiger partial charge in [0.15, 0.2) is 5.96 Å². The predicted molar refractivity (Wildman–Crippen MR) is 134 cm³/mol. The molecule has 33 heavy (non-hydrogen) atoms. The van der Waals surface area contributed by atoms with Crippen LogP contribution in [0.15, 0.2) is 59.6 Å². The van der Waals surface area contributed by atoms with E-state index in [0.29, 0.717) is 25.6 Å². The summed E-state index contributed by atoms with van der Waals surface area (Å²) in [5.41, 5.74) is 3.71. The summed E-state index contributed by atoms with van der Waals surface area (Å²) in [5.74, 6) is 1.12. The molecule has 2 aliphatic rings. The van der Waals surface area contributed by atoms with Crippen molar-refractivity contribution in [3.8, 4) is 0 Å². The molecule has 2 aromatic rings. The van der Waals surface area contributed by atoms with Gasteiger partial charge < -0.3 is 15.5 Å². The zero-order valence-corrected chi connectivity index (χ0v) is 19.8. The SMILES string of the molecule is CCNC(=NCc1ccc(CN2CCCC2=O)cc1)NCC(c1ccccc1)N1CCCC1. The maximum atomic E-state index is 11.9. The van der Waals surface area contributed by atoms with Gasteiger partial charge in [-0.2, -0.15) is 0 Å². The van der Waals surface area contributed by atoms with Crippen molar-refractivity contribution in [1.29, 1.82) is 0 Å². The summed E-state index contributed by atoms with van der Waals surface area (Å²) in [7, 11) is 0. The first-order valence-corrected chi connectivity index (χ1v) is 12.4. The number of rotatable bonds is 9. The third-order valence-corrected chi connectivity index (χ3v) is 6.56. The average molecular weight is 448 g/mol. The number of nitrogens with zero attached hydrogens (tertiary/aromatic N) is 3. The maximum Gasteiger partial charge on any atom is 0.222 e. The summed E-state index contributed by atoms with van der Waals surface area (Å²) in [6, 6.07) is 19.6. The van der Waals surface area contributed by atoms with Crippen LogP contribution in [-0.2, 0) is 17.9 Å². The van der Waals surface area contributed by atoms with Crippen LogP contribution < -0.4 is 10.6 Å². The molecule has 6 heteroatoms. The van der Waals surface area contributed by atoms with Gasteiger partial charge in [-0.15, -0.1) is 0 Å². The van der Waals surface area contributed by atoms with Crippen molar-refractivity contribution in [2.45, 2.75) is 51.7 Å². The molecule has 1 unspecified atom stereocenters. The fraction of sp³-hybridized carbons (Fsp3) is 0.481. The van der Waals surface area contributed by atoms with Crippen molar-refractivity contribution >= 4 is 11.9 Å². The van der Waals surface area contributed by atoms with Gasteiger partial charge in [0.05, 0.1) is 12.6 Å². The first-order valence-electron chi connectivity index (χ1n) is 12.4. The van der Waals surface area contributed by atoms with Crippen LogP contribution in [-0.4, -0.2) is 54.4 Å². The second-order valence-electron chi connectivity index (χ2n) is 8.98. The first-order chi connectivity index (χ1) is 16.2. The quantitative estimate of drug-likeness (QED) is 0.455. The van der Waals surface area contributed by atoms with Gasteiger partial charge >= 0.3 is 0 Å². The Balaban J connectivity index is 1.36. The van der Waals surface area contributed by atoms with Gasteiger partial charge in [0.1, 0.15) is 0 Å². The number of carbonyl (C=O) groups excluding carboxylic acids is 1. The molecular formula is C27H37N5O. The number of aliphatic imine (C=N–C) groups is 1. The molecule has 0 aliphatic carbocycles. The molecule has 2 fully saturated rings. The van der Waals surface area contributed by atoms with Gasteiger partial charge in [-0.05, 0) is 56.0 Å². The van der Waals surface area contributed by atoms with Gasteiger partial charge in [-0.1, -0.05) is 54.6 Å². The van der Waals surface area contributed by atoms with Gasteiger partial charge in [0.25, 0.3) is 0 Å². The normalized spacial score (nSPS) is 18.0. The number of nitrogens with one attached hydrogen (secondary N) is 2. The van der Waals surface area contributed by atoms with Crippen LogP contribution in [0.2, 0.25) is 0 Å². The Morgan fingerprint density at radius 2 is 1.67 bits per heavy atom. The zero-order valence-electron chi connectivity index (χ0n) is 19.8. The maximum absolute atomic E-state index is 11.9. The van der Waals surface area contributed by atoms with E-state index in [1.807, 2.05) is 4.90 Å². The second kappa shape index (κ2) is 11.8. The molecule has 0 spiro atoms. The fourth-order valence-electron chi connectivity index (χ4n) is 4.73. The Bertz CT molecular complexity index is 906. The molecule has 2 saturated heterocycles. The van der Waals surface area contributed by atoms with Gasteiger partial charge in [-0.3, -0.25) is 9.69 Å². The molecular weight excluding hydrogens is 410 g/mol. The van der Waals surface area contributed by atoms with E-state index in [9.17, 15) is 4.79 Å². The number of amides is 1. The lowest BCUT2D eigenvalue weighted by molar-refractivity contribution is -0.128. The average Bonchev–Trinajstić information content (AvgIpc) is 3.52. The van der Waals surface area contributed by atoms with Crippen LogP contribution in [0.5, 0.6) is 0 Å². The Kier molecular flexibility index (Phi) is 8.36. The largest absolute Gasteiger partial charge is 0.357 e. The van der Waals surface area contributed by atoms with E-state index in [1.165, 1.54) is 29.5 Å². The third kappa shape index (κ3) is 6.57. The molecule has 1 amide bonds. The number of hydrogen-bond donors (Lipinski definition) is 2. The highest BCUT2D eigenvalue weighted by Gasteiger charge is 2.23. The van der Waals surface area contributed by atoms with E-state index in [2.05, 4.69) is 77.1 Å². The van der Waals surface area contributed by atoms with Crippen LogP contribution in [0.1, 0.15) is 55.3 Å². The highest BCUT2D eigenvalue weighted by atomic mass is 16.2. The monoisotopic (exact) mass is 447 g/mol. The molecule has 1 atom stereocenters. The molecule has 2 aliphatic heterocycles. The molecule has 0 radical (unpaired) electrons. The molecule has 2 aromatic carbocycles. The molecule has 0 saturated carbocycles. The fourth-order valence-corrected chi connectivity index (χ4v) is 4.73. The standard InChI is InChI=1S/C27H37N5O/c1-2-28-27(30-20-25(31-16-6-7-17-31)24-9-4-3-5-10-24)29-19-22-12-14-23(15-13-22)21-32-18-8-11-26(32)33/h3-5,9-10,12-15,25H,2,6-8,11,16-21H2,1H3,(H2,28,29,30). The second-order valence-corrected chi connectivity index (χ2v) is 8.98. The van der Waals surface area contributed by atoms with E-state index in [4.69, 9.17) is 4.99 Å². The summed E-state index contributed by atoms with van der Waals surface area (Å²) in [5, 5.41) is 6.97. The highest BCUT2D eigenvalue weighted by Crippen LogP contribution is 2.24. The zero-order chi connectivity index (χ0) is 22.9. The summed E-state index contributed by atoms with van der Waals surface area (Å²) >= 11 is 0. The summed E-state index contributed by atoms with van der Waals surface area (Å²) in [6.07, 6.45) is 4.23. The highest BCUT2D eigenvalue weighted by molar-refractivity contribution is 5.79. The summed E-state index contributed by atoms with van der Waals surface area (Å²) in [6.45, 7) is 8.29. The van der Waals surface area contributed by atoms with Gasteiger partial charge in [0.2, 0.25) is 5.91 Å². The van der Waals surface area contributed by atoms with Crippen molar-refractivity contribution in [2.75, 3.05) is 32.7 Å². The number of likely N-dealkylation sites (tertiary alicyclic amines) is 2. The van der Waals surface area contributed by atoms with Crippen molar-refractivity contribution in [3.63, 3.8) is 0 Å². The minimum atomic E-state index is 0.271. The molecule has 4 rings (SSSR count). The minimum absolute atomic E-state index is 0.271. The van der Waals surface area contributed by atoms with Crippen molar-refractivity contribution in [3.05, 3.63) is 71.3 Å². The van der Waals surface area contributed by atoms with Crippen molar-refractivity contribution in [2.24, 2.45) is 4.99 Å². The Hall–Kier alpha value is -2.86. The van der Waals surface area contributed by atoms with E-state index >= 15 is 0 Å². The molecule has 6 nitrogen and oxygen atoms in total. The Labute approximate surface area is 198 Å². The summed E-state index contributed by atoms with van der Waals surface area (Å²) < 4.78 is 0. The lowest BCUT2D eigenvalue weighted by Crippen LogP contribution is -2.42. The number of benzene rings is 2. The Morgan fingerprint density at radius 1 is 0.939 bits per heavy atom. The van der Waals surface area contributed by atoms with Crippen LogP contribution in [0.4, 0.5) is 0 Å². The number of guanidine groups is 1. The van der Waals surface area contributed by atoms with Gasteiger partial charge in [-0.25, -0.2) is 4.99 Å². The van der Waals surface area contributed by atoms with Crippen molar-refractivity contribution < 1.29 is 4.79 Å². The van der Waals surface area contributed by atoms with E-state index < -0.39 is 0 Å². The van der Waals surface area contributed by atoms with E-state index in [1.54, 1.807) is 0 Å². The van der Waals surface area contributed by atoms with Crippen LogP contribution in [0.3, 0.4) is 0 Å². The molecule has 176 valence electrons. The number of hydrogen-bond acceptors (Lipinski definition) is 3. The molecule has 2 N–H and O–H groups in total. The smallest absolute Gasteiger partial charge is 0.222 e. The molecule has 0 aromatic heterocycles. The van der Waals surface area contributed by atoms with E-state index in [-0.39, 0.29) is 5.91 Å². The third-order valence-electron chi connectivity index (χ3n) is 6.56. The molecule has 2 heterocycles. The first kappa shape index (κ1) is 23.3. The topological polar surface area (TPSA) is 60.0 Å². The lowest BCUT2D eigenvalue weighted by Gasteiger charge is -2.29. The Morgan fingerprint density at radius 3 is 2.33 bits per heavy atom. The predicted octanol–water partition coefficient (Wildman–Crippen LogP) is 3.70. The van der Waals surface area contributed by atoms with Crippen molar-refractivity contribution in [1.82, 2.24) is 20.4 Å². The lowest BCUT2D eigenvalue weighted by atomic mass is 10.1. The summed E-state index contributed by atoms with van der Waals surface area (Å²) in [4.78, 5) is 21.2. The van der Waals surface area contributed by atoms with Crippen LogP contribution in [0.25, 0.3) is 0 Å². The van der Waals surface area contributed by atoms with E-state index in [0.717, 1.165) is 45.1 Å². The van der Waals surface area contributed by atoms with Crippen LogP contribution in [0, 0.1) is 0 Å². The minimum Gasteiger partial charge on any atom is -0.357 e. The van der Waals surface area contributed by atoms with Crippen LogP contribution >= 0.6 is 0 Å². The number of carbonyl (C=O) groups is 1.